The molecule has 1 fully saturated rings. The molecule has 0 radical (unpaired) electrons. The van der Waals surface area contributed by atoms with Crippen molar-refractivity contribution in [2.45, 2.75) is 11.4 Å². The number of β-lactam (4-membered cyclic amide) rings is 1. The number of carbonyl (C=O) groups is 4. The van der Waals surface area contributed by atoms with E-state index in [1.165, 1.54) is 23.2 Å². The number of amides is 2. The molecule has 1 saturated heterocycles. The molecule has 2 unspecified atom stereocenters. The van der Waals surface area contributed by atoms with Crippen LogP contribution in [0.1, 0.15) is 5.69 Å². The summed E-state index contributed by atoms with van der Waals surface area (Å²) in [4.78, 5) is 57.1. The van der Waals surface area contributed by atoms with Crippen LogP contribution in [0.4, 0.5) is 5.13 Å². The van der Waals surface area contributed by atoms with Gasteiger partial charge in [-0.15, -0.1) is 23.1 Å². The van der Waals surface area contributed by atoms with Gasteiger partial charge in [0.1, 0.15) is 22.8 Å². The number of thioether (sulfide) groups is 1. The van der Waals surface area contributed by atoms with E-state index >= 15 is 0 Å². The van der Waals surface area contributed by atoms with Crippen LogP contribution in [0.25, 0.3) is 0 Å². The Kier molecular flexibility index (Phi) is 11.5. The van der Waals surface area contributed by atoms with Gasteiger partial charge in [-0.2, -0.15) is 0 Å². The fourth-order valence-corrected chi connectivity index (χ4v) is 4.65. The number of thiazole rings is 1. The third kappa shape index (κ3) is 8.27. The largest absolute Gasteiger partial charge is 1.00 e. The molecule has 1 aromatic rings. The minimum absolute atomic E-state index is 0. The van der Waals surface area contributed by atoms with Gasteiger partial charge in [0.05, 0.1) is 0 Å². The summed E-state index contributed by atoms with van der Waals surface area (Å²) in [6.45, 7) is 2.77. The van der Waals surface area contributed by atoms with Gasteiger partial charge in [0, 0.05) is 11.1 Å². The molecule has 2 amide bonds. The van der Waals surface area contributed by atoms with Crippen molar-refractivity contribution in [3.05, 3.63) is 35.0 Å². The van der Waals surface area contributed by atoms with E-state index < -0.39 is 52.2 Å². The van der Waals surface area contributed by atoms with Gasteiger partial charge in [0.2, 0.25) is 17.0 Å². The number of aromatic nitrogens is 1. The summed E-state index contributed by atoms with van der Waals surface area (Å²) in [6.07, 6.45) is 1.38. The molecular formula is C16H16N5NaO11S3. The van der Waals surface area contributed by atoms with E-state index in [9.17, 15) is 24.3 Å². The number of anilines is 1. The van der Waals surface area contributed by atoms with E-state index in [4.69, 9.17) is 28.4 Å². The Morgan fingerprint density at radius 1 is 1.42 bits per heavy atom. The zero-order valence-electron chi connectivity index (χ0n) is 18.2. The first-order valence-corrected chi connectivity index (χ1v) is 12.2. The minimum Gasteiger partial charge on any atom is -0.726 e. The van der Waals surface area contributed by atoms with E-state index in [-0.39, 0.29) is 51.8 Å². The number of nitrogens with two attached hydrogens (primary N) is 1. The van der Waals surface area contributed by atoms with Gasteiger partial charge in [-0.25, -0.2) is 23.0 Å². The van der Waals surface area contributed by atoms with Crippen molar-refractivity contribution >= 4 is 68.1 Å². The number of oxime groups is 1. The second-order valence-electron chi connectivity index (χ2n) is 6.35. The molecule has 2 aliphatic heterocycles. The van der Waals surface area contributed by atoms with E-state index in [1.807, 2.05) is 0 Å². The van der Waals surface area contributed by atoms with Crippen molar-refractivity contribution in [2.24, 2.45) is 5.16 Å². The maximum atomic E-state index is 12.7. The van der Waals surface area contributed by atoms with Crippen molar-refractivity contribution < 1.29 is 81.3 Å². The predicted octanol–water partition coefficient (Wildman–Crippen LogP) is -4.54. The smallest absolute Gasteiger partial charge is 0.726 e. The summed E-state index contributed by atoms with van der Waals surface area (Å²) in [5.74, 6) is -3.72. The van der Waals surface area contributed by atoms with Crippen LogP contribution in [-0.4, -0.2) is 90.9 Å². The molecule has 16 nitrogen and oxygen atoms in total. The molecule has 0 saturated carbocycles. The number of nitrogens with one attached hydrogen (secondary N) is 1. The topological polar surface area (TPSA) is 262 Å². The molecule has 190 valence electrons. The van der Waals surface area contributed by atoms with Crippen molar-refractivity contribution in [3.63, 3.8) is 0 Å². The molecular weight excluding hydrogens is 557 g/mol. The number of rotatable bonds is 8. The number of hydrogen-bond acceptors (Lipinski definition) is 13. The summed E-state index contributed by atoms with van der Waals surface area (Å²) in [5.41, 5.74) is 5.48. The fraction of sp³-hybridized carbons (Fsp3) is 0.250. The molecule has 6 N–H and O–H groups in total. The summed E-state index contributed by atoms with van der Waals surface area (Å²) in [7, 11) is -4.92. The molecule has 0 spiro atoms. The Labute approximate surface area is 233 Å². The number of fused-ring (bicyclic) bond motifs is 1. The second-order valence-corrected chi connectivity index (χ2v) is 9.20. The quantitative estimate of drug-likeness (QED) is 0.0490. The van der Waals surface area contributed by atoms with Gasteiger partial charge in [-0.05, 0) is 5.57 Å². The number of aliphatic carboxylic acids is 2. The normalized spacial score (nSPS) is 19.0. The van der Waals surface area contributed by atoms with Gasteiger partial charge in [0.15, 0.2) is 10.8 Å². The number of hydrogen-bond donors (Lipinski definition) is 5. The molecule has 20 heteroatoms. The van der Waals surface area contributed by atoms with E-state index in [0.717, 1.165) is 16.2 Å². The molecule has 1 aromatic heterocycles. The van der Waals surface area contributed by atoms with Gasteiger partial charge in [-0.3, -0.25) is 19.0 Å². The standard InChI is InChI=1S/C16H15N5O7S2.Na.H2O4S/c1-2-6-4-29-14-10(13(25)21(14)11(6)15(26)27)19-12(24)9(20-28-3-8(22)23)7-5-30-16(17)18-7;;1-5(2,3)4/h2,5,10,14H,1,3-4H2,(H2,17,18)(H,19,24)(H,22,23)(H,26,27);;(H2,1,2,3,4)/q;+1;/p-1/b20-9-;;. The first-order chi connectivity index (χ1) is 16.2. The Bertz CT molecular complexity index is 1220. The van der Waals surface area contributed by atoms with Crippen LogP contribution in [0.2, 0.25) is 0 Å². The molecule has 2 aliphatic rings. The van der Waals surface area contributed by atoms with Gasteiger partial charge >= 0.3 is 41.5 Å². The van der Waals surface area contributed by atoms with E-state index in [2.05, 4.69) is 26.9 Å². The van der Waals surface area contributed by atoms with Crippen molar-refractivity contribution in [2.75, 3.05) is 18.1 Å². The summed E-state index contributed by atoms with van der Waals surface area (Å²) < 4.78 is 32.8. The SMILES string of the molecule is C=CC1=C(C(=O)O)N2C(=O)C(NC(=O)/C(=N\OCC(=O)O)c3csc(N)n3)C2SC1.O=S(=O)([O-])O.[Na+]. The Hall–Kier alpha value is -2.52. The zero-order valence-corrected chi connectivity index (χ0v) is 22.6. The number of carboxylic acids is 2. The fourth-order valence-electron chi connectivity index (χ4n) is 2.76. The molecule has 36 heavy (non-hydrogen) atoms. The predicted molar refractivity (Wildman–Crippen MR) is 119 cm³/mol. The van der Waals surface area contributed by atoms with Crippen LogP contribution in [0, 0.1) is 0 Å². The van der Waals surface area contributed by atoms with E-state index in [1.54, 1.807) is 0 Å². The molecule has 3 heterocycles. The number of carbonyl (C=O) groups excluding carboxylic acids is 2. The third-order valence-electron chi connectivity index (χ3n) is 4.06. The van der Waals surface area contributed by atoms with Crippen LogP contribution in [0.5, 0.6) is 0 Å². The van der Waals surface area contributed by atoms with Gasteiger partial charge in [-0.1, -0.05) is 17.8 Å². The number of allylic oxidation sites excluding steroid dienone is 1. The monoisotopic (exact) mass is 573 g/mol. The zero-order chi connectivity index (χ0) is 26.5. The Morgan fingerprint density at radius 3 is 2.50 bits per heavy atom. The first-order valence-electron chi connectivity index (χ1n) is 8.90. The van der Waals surface area contributed by atoms with Crippen molar-refractivity contribution in [3.8, 4) is 0 Å². The van der Waals surface area contributed by atoms with Crippen molar-refractivity contribution in [1.82, 2.24) is 15.2 Å². The second kappa shape index (κ2) is 13.1. The maximum absolute atomic E-state index is 12.7. The Morgan fingerprint density at radius 2 is 2.03 bits per heavy atom. The van der Waals surface area contributed by atoms with Crippen LogP contribution >= 0.6 is 23.1 Å². The first kappa shape index (κ1) is 31.5. The molecule has 0 aliphatic carbocycles. The van der Waals surface area contributed by atoms with Crippen LogP contribution < -0.4 is 40.6 Å². The van der Waals surface area contributed by atoms with Crippen LogP contribution in [0.15, 0.2) is 34.5 Å². The average Bonchev–Trinajstić information content (AvgIpc) is 3.17. The Balaban J connectivity index is 0.000000983. The number of carboxylic acid groups (broad SMARTS) is 2. The molecule has 2 atom stereocenters. The molecule has 0 aromatic carbocycles. The molecule has 0 bridgehead atoms. The van der Waals surface area contributed by atoms with Crippen molar-refractivity contribution in [1.29, 1.82) is 0 Å². The van der Waals surface area contributed by atoms with Gasteiger partial charge in [0.25, 0.3) is 11.8 Å². The number of nitrogens with zero attached hydrogens (tertiary/aromatic N) is 3. The maximum Gasteiger partial charge on any atom is 1.00 e. The summed E-state index contributed by atoms with van der Waals surface area (Å²) in [6, 6.07) is -1.01. The summed E-state index contributed by atoms with van der Waals surface area (Å²) >= 11 is 2.30. The summed E-state index contributed by atoms with van der Waals surface area (Å²) in [5, 5.41) is 25.0. The van der Waals surface area contributed by atoms with Crippen LogP contribution in [0.3, 0.4) is 0 Å². The average molecular weight is 574 g/mol. The third-order valence-corrected chi connectivity index (χ3v) is 6.03. The van der Waals surface area contributed by atoms with Crippen LogP contribution in [-0.2, 0) is 34.4 Å². The van der Waals surface area contributed by atoms with Gasteiger partial charge < -0.3 is 30.7 Å². The molecule has 3 rings (SSSR count). The number of nitrogen functional groups attached to an aromatic ring is 1. The van der Waals surface area contributed by atoms with E-state index in [0.29, 0.717) is 11.3 Å². The minimum atomic E-state index is -4.92.